The van der Waals surface area contributed by atoms with Crippen LogP contribution in [0.5, 0.6) is 5.75 Å². The van der Waals surface area contributed by atoms with Crippen molar-refractivity contribution in [2.24, 2.45) is 5.92 Å². The normalized spacial score (nSPS) is 24.8. The molecular formula is C24H35N3O5S. The number of sulfonamides is 1. The molecule has 1 saturated carbocycles. The van der Waals surface area contributed by atoms with E-state index in [9.17, 15) is 18.0 Å². The van der Waals surface area contributed by atoms with Gasteiger partial charge in [0, 0.05) is 25.2 Å². The minimum Gasteiger partial charge on any atom is -0.478 e. The number of amides is 2. The number of nitrogens with one attached hydrogen (secondary N) is 2. The summed E-state index contributed by atoms with van der Waals surface area (Å²) in [5.41, 5.74) is 1.03. The topological polar surface area (TPSA) is 105 Å². The molecule has 0 unspecified atom stereocenters. The number of aryl methyl sites for hydroxylation is 1. The predicted octanol–water partition coefficient (Wildman–Crippen LogP) is 3.34. The molecule has 8 nitrogen and oxygen atoms in total. The SMILES string of the molecule is CC[C@H]1Oc2cc(S(=O)(=O)N3CCC[C@H](C(=O)NC4CCCCCC4)C3)c(C)cc2NC1=O. The van der Waals surface area contributed by atoms with E-state index in [0.717, 1.165) is 25.7 Å². The summed E-state index contributed by atoms with van der Waals surface area (Å²) in [7, 11) is -3.81. The number of benzene rings is 1. The second-order valence-electron chi connectivity index (χ2n) is 9.52. The summed E-state index contributed by atoms with van der Waals surface area (Å²) >= 11 is 0. The van der Waals surface area contributed by atoms with Crippen LogP contribution in [0.25, 0.3) is 0 Å². The summed E-state index contributed by atoms with van der Waals surface area (Å²) in [5.74, 6) is -0.223. The first-order chi connectivity index (χ1) is 15.8. The fourth-order valence-corrected chi connectivity index (χ4v) is 6.83. The molecule has 9 heteroatoms. The van der Waals surface area contributed by atoms with Crippen LogP contribution in [-0.4, -0.2) is 49.8 Å². The maximum atomic E-state index is 13.6. The van der Waals surface area contributed by atoms with Gasteiger partial charge in [0.25, 0.3) is 5.91 Å². The molecular weight excluding hydrogens is 442 g/mol. The molecule has 2 atom stereocenters. The van der Waals surface area contributed by atoms with Crippen molar-refractivity contribution in [1.82, 2.24) is 9.62 Å². The van der Waals surface area contributed by atoms with Crippen LogP contribution < -0.4 is 15.4 Å². The molecule has 3 aliphatic rings. The van der Waals surface area contributed by atoms with Crippen molar-refractivity contribution >= 4 is 27.5 Å². The highest BCUT2D eigenvalue weighted by atomic mass is 32.2. The summed E-state index contributed by atoms with van der Waals surface area (Å²) in [6.45, 7) is 4.13. The fraction of sp³-hybridized carbons (Fsp3) is 0.667. The molecule has 4 rings (SSSR count). The van der Waals surface area contributed by atoms with E-state index in [1.54, 1.807) is 13.0 Å². The van der Waals surface area contributed by atoms with Gasteiger partial charge in [-0.05, 0) is 50.7 Å². The largest absolute Gasteiger partial charge is 0.478 e. The molecule has 0 aromatic heterocycles. The zero-order valence-electron chi connectivity index (χ0n) is 19.6. The summed E-state index contributed by atoms with van der Waals surface area (Å²) in [6, 6.07) is 3.36. The summed E-state index contributed by atoms with van der Waals surface area (Å²) < 4.78 is 34.3. The van der Waals surface area contributed by atoms with Crippen LogP contribution in [0, 0.1) is 12.8 Å². The van der Waals surface area contributed by atoms with E-state index in [4.69, 9.17) is 4.74 Å². The smallest absolute Gasteiger partial charge is 0.265 e. The highest BCUT2D eigenvalue weighted by Gasteiger charge is 2.36. The summed E-state index contributed by atoms with van der Waals surface area (Å²) in [5, 5.41) is 5.99. The first kappa shape index (κ1) is 24.0. The maximum absolute atomic E-state index is 13.6. The van der Waals surface area contributed by atoms with Gasteiger partial charge in [-0.25, -0.2) is 8.42 Å². The first-order valence-corrected chi connectivity index (χ1v) is 13.7. The molecule has 2 amide bonds. The van der Waals surface area contributed by atoms with Crippen LogP contribution in [0.2, 0.25) is 0 Å². The average Bonchev–Trinajstić information content (AvgIpc) is 3.07. The highest BCUT2D eigenvalue weighted by molar-refractivity contribution is 7.89. The predicted molar refractivity (Wildman–Crippen MR) is 126 cm³/mol. The number of nitrogens with zero attached hydrogens (tertiary/aromatic N) is 1. The molecule has 2 fully saturated rings. The Kier molecular flexibility index (Phi) is 7.28. The first-order valence-electron chi connectivity index (χ1n) is 12.2. The Bertz CT molecular complexity index is 1000. The Morgan fingerprint density at radius 3 is 2.58 bits per heavy atom. The molecule has 1 saturated heterocycles. The molecule has 2 heterocycles. The second-order valence-corrected chi connectivity index (χ2v) is 11.4. The van der Waals surface area contributed by atoms with Crippen molar-refractivity contribution in [3.8, 4) is 5.75 Å². The van der Waals surface area contributed by atoms with Crippen molar-refractivity contribution in [2.45, 2.75) is 88.7 Å². The summed E-state index contributed by atoms with van der Waals surface area (Å²) in [4.78, 5) is 25.2. The molecule has 1 aromatic carbocycles. The minimum atomic E-state index is -3.81. The molecule has 182 valence electrons. The molecule has 2 aliphatic heterocycles. The van der Waals surface area contributed by atoms with Crippen LogP contribution in [-0.2, 0) is 19.6 Å². The van der Waals surface area contributed by atoms with E-state index in [2.05, 4.69) is 10.6 Å². The van der Waals surface area contributed by atoms with Gasteiger partial charge in [-0.15, -0.1) is 0 Å². The quantitative estimate of drug-likeness (QED) is 0.633. The summed E-state index contributed by atoms with van der Waals surface area (Å²) in [6.07, 6.45) is 7.91. The Morgan fingerprint density at radius 2 is 1.88 bits per heavy atom. The third-order valence-electron chi connectivity index (χ3n) is 7.04. The lowest BCUT2D eigenvalue weighted by Gasteiger charge is -2.33. The van der Waals surface area contributed by atoms with Gasteiger partial charge in [-0.2, -0.15) is 4.31 Å². The van der Waals surface area contributed by atoms with Gasteiger partial charge in [0.05, 0.1) is 16.5 Å². The van der Waals surface area contributed by atoms with E-state index in [-0.39, 0.29) is 35.2 Å². The van der Waals surface area contributed by atoms with E-state index >= 15 is 0 Å². The van der Waals surface area contributed by atoms with Gasteiger partial charge in [0.1, 0.15) is 5.75 Å². The number of fused-ring (bicyclic) bond motifs is 1. The Hall–Kier alpha value is -2.13. The number of hydrogen-bond acceptors (Lipinski definition) is 5. The molecule has 2 N–H and O–H groups in total. The van der Waals surface area contributed by atoms with Crippen LogP contribution in [0.4, 0.5) is 5.69 Å². The zero-order chi connectivity index (χ0) is 23.6. The number of carbonyl (C=O) groups is 2. The van der Waals surface area contributed by atoms with Crippen LogP contribution in [0.15, 0.2) is 17.0 Å². The number of piperidine rings is 1. The molecule has 0 radical (unpaired) electrons. The number of carbonyl (C=O) groups excluding carboxylic acids is 2. The third-order valence-corrected chi connectivity index (χ3v) is 9.05. The van der Waals surface area contributed by atoms with E-state index < -0.39 is 16.1 Å². The van der Waals surface area contributed by atoms with Gasteiger partial charge in [0.2, 0.25) is 15.9 Å². The fourth-order valence-electron chi connectivity index (χ4n) is 5.09. The van der Waals surface area contributed by atoms with Gasteiger partial charge in [0.15, 0.2) is 6.10 Å². The van der Waals surface area contributed by atoms with Gasteiger partial charge in [-0.1, -0.05) is 32.6 Å². The highest BCUT2D eigenvalue weighted by Crippen LogP contribution is 2.36. The van der Waals surface area contributed by atoms with Gasteiger partial charge in [-0.3, -0.25) is 9.59 Å². The van der Waals surface area contributed by atoms with E-state index in [1.807, 2.05) is 6.92 Å². The third kappa shape index (κ3) is 5.19. The number of rotatable bonds is 5. The maximum Gasteiger partial charge on any atom is 0.265 e. The van der Waals surface area contributed by atoms with E-state index in [0.29, 0.717) is 42.8 Å². The number of hydrogen-bond donors (Lipinski definition) is 2. The average molecular weight is 478 g/mol. The molecule has 0 spiro atoms. The molecule has 33 heavy (non-hydrogen) atoms. The van der Waals surface area contributed by atoms with Crippen molar-refractivity contribution in [1.29, 1.82) is 0 Å². The van der Waals surface area contributed by atoms with Crippen molar-refractivity contribution in [3.63, 3.8) is 0 Å². The van der Waals surface area contributed by atoms with Crippen LogP contribution >= 0.6 is 0 Å². The van der Waals surface area contributed by atoms with Crippen molar-refractivity contribution in [2.75, 3.05) is 18.4 Å². The monoisotopic (exact) mass is 477 g/mol. The lowest BCUT2D eigenvalue weighted by Crippen LogP contribution is -2.47. The lowest BCUT2D eigenvalue weighted by molar-refractivity contribution is -0.127. The Labute approximate surface area is 196 Å². The minimum absolute atomic E-state index is 0.0270. The number of anilines is 1. The zero-order valence-corrected chi connectivity index (χ0v) is 20.4. The molecule has 0 bridgehead atoms. The van der Waals surface area contributed by atoms with Crippen LogP contribution in [0.1, 0.15) is 70.3 Å². The molecule has 1 aromatic rings. The standard InChI is InChI=1S/C24H35N3O5S/c1-3-20-24(29)26-19-13-16(2)22(14-21(19)32-20)33(30,31)27-12-8-9-17(15-27)23(28)25-18-10-6-4-5-7-11-18/h13-14,17-18,20H,3-12,15H2,1-2H3,(H,25,28)(H,26,29)/t17-,20+/m0/s1. The Balaban J connectivity index is 1.50. The van der Waals surface area contributed by atoms with Crippen molar-refractivity contribution < 1.29 is 22.7 Å². The lowest BCUT2D eigenvalue weighted by atomic mass is 9.97. The van der Waals surface area contributed by atoms with Crippen molar-refractivity contribution in [3.05, 3.63) is 17.7 Å². The molecule has 1 aliphatic carbocycles. The number of ether oxygens (including phenoxy) is 1. The second kappa shape index (κ2) is 10.0. The van der Waals surface area contributed by atoms with E-state index in [1.165, 1.54) is 23.2 Å². The van der Waals surface area contributed by atoms with Gasteiger partial charge >= 0.3 is 0 Å². The van der Waals surface area contributed by atoms with Crippen LogP contribution in [0.3, 0.4) is 0 Å². The van der Waals surface area contributed by atoms with Gasteiger partial charge < -0.3 is 15.4 Å². The Morgan fingerprint density at radius 1 is 1.15 bits per heavy atom.